The maximum Gasteiger partial charge on any atom is 0.0947 e. The molecule has 18 heavy (non-hydrogen) atoms. The molecule has 6 heteroatoms. The summed E-state index contributed by atoms with van der Waals surface area (Å²) in [6, 6.07) is 5.78. The van der Waals surface area contributed by atoms with Gasteiger partial charge in [-0.05, 0) is 24.1 Å². The van der Waals surface area contributed by atoms with Crippen molar-refractivity contribution in [1.82, 2.24) is 15.0 Å². The van der Waals surface area contributed by atoms with Crippen molar-refractivity contribution in [2.45, 2.75) is 12.5 Å². The minimum absolute atomic E-state index is 0.0510. The van der Waals surface area contributed by atoms with Gasteiger partial charge in [-0.25, -0.2) is 4.98 Å². The summed E-state index contributed by atoms with van der Waals surface area (Å²) in [5.74, 6) is 5.59. The molecule has 0 amide bonds. The summed E-state index contributed by atoms with van der Waals surface area (Å²) < 4.78 is 2.86. The van der Waals surface area contributed by atoms with E-state index in [4.69, 9.17) is 17.4 Å². The highest BCUT2D eigenvalue weighted by Crippen LogP contribution is 2.25. The fraction of sp³-hybridized carbons (Fsp3) is 0.250. The number of imidazole rings is 1. The van der Waals surface area contributed by atoms with E-state index in [2.05, 4.69) is 26.3 Å². The zero-order valence-electron chi connectivity index (χ0n) is 9.90. The Balaban J connectivity index is 2.20. The van der Waals surface area contributed by atoms with Gasteiger partial charge in [-0.1, -0.05) is 33.6 Å². The lowest BCUT2D eigenvalue weighted by Crippen LogP contribution is -2.30. The van der Waals surface area contributed by atoms with Crippen LogP contribution in [0.25, 0.3) is 0 Å². The summed E-state index contributed by atoms with van der Waals surface area (Å²) in [5, 5.41) is 0.723. The summed E-state index contributed by atoms with van der Waals surface area (Å²) >= 11 is 9.59. The average molecular weight is 330 g/mol. The molecule has 1 aromatic carbocycles. The molecule has 0 aliphatic rings. The van der Waals surface area contributed by atoms with Crippen LogP contribution >= 0.6 is 27.5 Å². The Hall–Kier alpha value is -0.880. The molecule has 0 bridgehead atoms. The van der Waals surface area contributed by atoms with Gasteiger partial charge in [-0.3, -0.25) is 11.3 Å². The third kappa shape index (κ3) is 3.11. The van der Waals surface area contributed by atoms with Crippen molar-refractivity contribution in [3.8, 4) is 0 Å². The van der Waals surface area contributed by atoms with Crippen molar-refractivity contribution in [3.05, 3.63) is 51.5 Å². The molecule has 0 fully saturated rings. The lowest BCUT2D eigenvalue weighted by Gasteiger charge is -2.14. The quantitative estimate of drug-likeness (QED) is 0.669. The monoisotopic (exact) mass is 328 g/mol. The first-order valence-corrected chi connectivity index (χ1v) is 6.65. The van der Waals surface area contributed by atoms with Crippen molar-refractivity contribution >= 4 is 27.5 Å². The number of nitrogens with one attached hydrogen (secondary N) is 1. The number of hydrogen-bond donors (Lipinski definition) is 2. The topological polar surface area (TPSA) is 55.9 Å². The molecule has 2 rings (SSSR count). The minimum atomic E-state index is -0.0510. The molecule has 1 unspecified atom stereocenters. The van der Waals surface area contributed by atoms with E-state index in [0.29, 0.717) is 6.42 Å². The number of benzene rings is 1. The standard InChI is InChI=1S/C12H14BrClN4/c1-18-6-12(16-7-18)11(17-15)4-8-2-3-9(13)5-10(8)14/h2-3,5-7,11,17H,4,15H2,1H3. The highest BCUT2D eigenvalue weighted by Gasteiger charge is 2.14. The number of hydrazine groups is 1. The molecule has 4 nitrogen and oxygen atoms in total. The van der Waals surface area contributed by atoms with Crippen LogP contribution in [0.15, 0.2) is 35.2 Å². The minimum Gasteiger partial charge on any atom is -0.340 e. The number of nitrogens with zero attached hydrogens (tertiary/aromatic N) is 2. The number of aryl methyl sites for hydroxylation is 1. The number of rotatable bonds is 4. The van der Waals surface area contributed by atoms with Crippen LogP contribution in [0.5, 0.6) is 0 Å². The summed E-state index contributed by atoms with van der Waals surface area (Å²) in [4.78, 5) is 4.30. The van der Waals surface area contributed by atoms with Gasteiger partial charge < -0.3 is 4.57 Å². The third-order valence-electron chi connectivity index (χ3n) is 2.72. The fourth-order valence-corrected chi connectivity index (χ4v) is 2.52. The molecule has 1 heterocycles. The largest absolute Gasteiger partial charge is 0.340 e. The Morgan fingerprint density at radius 2 is 2.33 bits per heavy atom. The molecule has 0 radical (unpaired) electrons. The summed E-state index contributed by atoms with van der Waals surface area (Å²) in [6.45, 7) is 0. The molecule has 96 valence electrons. The van der Waals surface area contributed by atoms with E-state index in [0.717, 1.165) is 20.8 Å². The highest BCUT2D eigenvalue weighted by molar-refractivity contribution is 9.10. The van der Waals surface area contributed by atoms with E-state index < -0.39 is 0 Å². The van der Waals surface area contributed by atoms with Gasteiger partial charge in [-0.2, -0.15) is 0 Å². The molecule has 1 aromatic heterocycles. The van der Waals surface area contributed by atoms with Crippen molar-refractivity contribution in [2.24, 2.45) is 12.9 Å². The molecular formula is C12H14BrClN4. The van der Waals surface area contributed by atoms with Crippen LogP contribution in [-0.2, 0) is 13.5 Å². The first kappa shape index (κ1) is 13.5. The molecule has 0 saturated carbocycles. The van der Waals surface area contributed by atoms with Crippen LogP contribution in [0.2, 0.25) is 5.02 Å². The van der Waals surface area contributed by atoms with Crippen LogP contribution in [0.4, 0.5) is 0 Å². The van der Waals surface area contributed by atoms with Crippen molar-refractivity contribution in [1.29, 1.82) is 0 Å². The second-order valence-corrected chi connectivity index (χ2v) is 5.45. The zero-order chi connectivity index (χ0) is 13.1. The molecule has 0 spiro atoms. The van der Waals surface area contributed by atoms with Gasteiger partial charge in [0.1, 0.15) is 0 Å². The molecule has 0 saturated heterocycles. The SMILES string of the molecule is Cn1cnc(C(Cc2ccc(Br)cc2Cl)NN)c1. The van der Waals surface area contributed by atoms with Crippen LogP contribution in [0.3, 0.4) is 0 Å². The normalized spacial score (nSPS) is 12.7. The number of aromatic nitrogens is 2. The third-order valence-corrected chi connectivity index (χ3v) is 3.57. The first-order valence-electron chi connectivity index (χ1n) is 5.48. The fourth-order valence-electron chi connectivity index (χ4n) is 1.77. The van der Waals surface area contributed by atoms with Crippen molar-refractivity contribution in [2.75, 3.05) is 0 Å². The summed E-state index contributed by atoms with van der Waals surface area (Å²) in [6.07, 6.45) is 4.39. The van der Waals surface area contributed by atoms with E-state index in [1.165, 1.54) is 0 Å². The van der Waals surface area contributed by atoms with Gasteiger partial charge >= 0.3 is 0 Å². The predicted octanol–water partition coefficient (Wildman–Crippen LogP) is 2.58. The summed E-state index contributed by atoms with van der Waals surface area (Å²) in [5.41, 5.74) is 4.71. The van der Waals surface area contributed by atoms with Crippen molar-refractivity contribution < 1.29 is 0 Å². The van der Waals surface area contributed by atoms with E-state index in [1.54, 1.807) is 6.33 Å². The first-order chi connectivity index (χ1) is 8.60. The lowest BCUT2D eigenvalue weighted by molar-refractivity contribution is 0.540. The Morgan fingerprint density at radius 1 is 1.56 bits per heavy atom. The summed E-state index contributed by atoms with van der Waals surface area (Å²) in [7, 11) is 1.93. The number of halogens is 2. The van der Waals surface area contributed by atoms with Gasteiger partial charge in [0.25, 0.3) is 0 Å². The van der Waals surface area contributed by atoms with Gasteiger partial charge in [0.05, 0.1) is 18.1 Å². The Bertz CT molecular complexity index is 541. The van der Waals surface area contributed by atoms with Crippen LogP contribution in [0, 0.1) is 0 Å². The highest BCUT2D eigenvalue weighted by atomic mass is 79.9. The maximum absolute atomic E-state index is 6.20. The maximum atomic E-state index is 6.20. The van der Waals surface area contributed by atoms with Gasteiger partial charge in [0.2, 0.25) is 0 Å². The molecule has 1 atom stereocenters. The van der Waals surface area contributed by atoms with Gasteiger partial charge in [0, 0.05) is 22.7 Å². The second-order valence-electron chi connectivity index (χ2n) is 4.12. The second kappa shape index (κ2) is 5.84. The van der Waals surface area contributed by atoms with E-state index in [-0.39, 0.29) is 6.04 Å². The molecular weight excluding hydrogens is 316 g/mol. The Morgan fingerprint density at radius 3 is 2.89 bits per heavy atom. The van der Waals surface area contributed by atoms with E-state index in [1.807, 2.05) is 36.0 Å². The van der Waals surface area contributed by atoms with Gasteiger partial charge in [-0.15, -0.1) is 0 Å². The van der Waals surface area contributed by atoms with E-state index >= 15 is 0 Å². The van der Waals surface area contributed by atoms with E-state index in [9.17, 15) is 0 Å². The van der Waals surface area contributed by atoms with Crippen molar-refractivity contribution in [3.63, 3.8) is 0 Å². The number of hydrogen-bond acceptors (Lipinski definition) is 3. The predicted molar refractivity (Wildman–Crippen MR) is 76.1 cm³/mol. The van der Waals surface area contributed by atoms with Gasteiger partial charge in [0.15, 0.2) is 0 Å². The molecule has 0 aliphatic carbocycles. The van der Waals surface area contributed by atoms with Crippen LogP contribution in [-0.4, -0.2) is 9.55 Å². The Labute approximate surface area is 119 Å². The zero-order valence-corrected chi connectivity index (χ0v) is 12.2. The van der Waals surface area contributed by atoms with Crippen LogP contribution < -0.4 is 11.3 Å². The molecule has 0 aliphatic heterocycles. The smallest absolute Gasteiger partial charge is 0.0947 e. The lowest BCUT2D eigenvalue weighted by atomic mass is 10.0. The number of nitrogens with two attached hydrogens (primary N) is 1. The molecule has 2 aromatic rings. The molecule has 3 N–H and O–H groups in total. The average Bonchev–Trinajstić information content (AvgIpc) is 2.75. The Kier molecular flexibility index (Phi) is 4.40. The van der Waals surface area contributed by atoms with Crippen LogP contribution in [0.1, 0.15) is 17.3 Å².